The van der Waals surface area contributed by atoms with Crippen LogP contribution in [0.5, 0.6) is 0 Å². The molecule has 4 nitrogen and oxygen atoms in total. The second kappa shape index (κ2) is 6.30. The normalized spacial score (nSPS) is 12.4. The van der Waals surface area contributed by atoms with Gasteiger partial charge < -0.3 is 10.6 Å². The second-order valence-electron chi connectivity index (χ2n) is 4.09. The van der Waals surface area contributed by atoms with Gasteiger partial charge in [0.2, 0.25) is 5.95 Å². The van der Waals surface area contributed by atoms with Crippen molar-refractivity contribution >= 4 is 11.8 Å². The number of hydrogen-bond donors (Lipinski definition) is 1. The van der Waals surface area contributed by atoms with Gasteiger partial charge in [0, 0.05) is 18.8 Å². The van der Waals surface area contributed by atoms with Crippen molar-refractivity contribution in [3.05, 3.63) is 12.3 Å². The van der Waals surface area contributed by atoms with Crippen LogP contribution in [0.25, 0.3) is 0 Å². The Labute approximate surface area is 97.9 Å². The Kier molecular flexibility index (Phi) is 5.02. The highest BCUT2D eigenvalue weighted by Crippen LogP contribution is 2.15. The van der Waals surface area contributed by atoms with Crippen LogP contribution < -0.4 is 10.6 Å². The average Bonchev–Trinajstić information content (AvgIpc) is 2.29. The summed E-state index contributed by atoms with van der Waals surface area (Å²) in [6, 6.07) is 2.17. The molecule has 4 heteroatoms. The Morgan fingerprint density at radius 2 is 2.19 bits per heavy atom. The Hall–Kier alpha value is -1.32. The summed E-state index contributed by atoms with van der Waals surface area (Å²) >= 11 is 0. The van der Waals surface area contributed by atoms with Crippen molar-refractivity contribution in [2.45, 2.75) is 46.1 Å². The molecule has 0 radical (unpaired) electrons. The van der Waals surface area contributed by atoms with Gasteiger partial charge >= 0.3 is 0 Å². The topological polar surface area (TPSA) is 55.0 Å². The zero-order chi connectivity index (χ0) is 12.0. The highest BCUT2D eigenvalue weighted by Gasteiger charge is 2.14. The van der Waals surface area contributed by atoms with Crippen molar-refractivity contribution < 1.29 is 0 Å². The zero-order valence-corrected chi connectivity index (χ0v) is 10.5. The standard InChI is InChI=1S/C12H22N4/c1-4-6-9-16(10(3)5-2)12-14-8-7-11(13)15-12/h7-8,10H,4-6,9H2,1-3H3,(H2,13,14,15). The third-order valence-electron chi connectivity index (χ3n) is 2.80. The number of anilines is 2. The lowest BCUT2D eigenvalue weighted by atomic mass is 10.2. The summed E-state index contributed by atoms with van der Waals surface area (Å²) < 4.78 is 0. The molecular formula is C12H22N4. The lowest BCUT2D eigenvalue weighted by Gasteiger charge is -2.28. The number of rotatable bonds is 6. The first-order valence-corrected chi connectivity index (χ1v) is 6.04. The molecule has 1 aromatic heterocycles. The molecule has 1 atom stereocenters. The van der Waals surface area contributed by atoms with Crippen molar-refractivity contribution in [3.8, 4) is 0 Å². The summed E-state index contributed by atoms with van der Waals surface area (Å²) in [7, 11) is 0. The van der Waals surface area contributed by atoms with E-state index in [0.717, 1.165) is 25.3 Å². The van der Waals surface area contributed by atoms with Gasteiger partial charge in [0.15, 0.2) is 0 Å². The van der Waals surface area contributed by atoms with Crippen LogP contribution in [0.1, 0.15) is 40.0 Å². The summed E-state index contributed by atoms with van der Waals surface area (Å²) in [5.74, 6) is 1.29. The number of nitrogens with two attached hydrogens (primary N) is 1. The maximum Gasteiger partial charge on any atom is 0.227 e. The van der Waals surface area contributed by atoms with E-state index in [1.807, 2.05) is 0 Å². The molecule has 0 aliphatic carbocycles. The Bertz CT molecular complexity index is 314. The monoisotopic (exact) mass is 222 g/mol. The minimum atomic E-state index is 0.452. The number of nitrogen functional groups attached to an aromatic ring is 1. The molecule has 1 rings (SSSR count). The third-order valence-corrected chi connectivity index (χ3v) is 2.80. The largest absolute Gasteiger partial charge is 0.384 e. The zero-order valence-electron chi connectivity index (χ0n) is 10.5. The number of aromatic nitrogens is 2. The van der Waals surface area contributed by atoms with Crippen LogP contribution in [0.3, 0.4) is 0 Å². The summed E-state index contributed by atoms with van der Waals surface area (Å²) in [5.41, 5.74) is 5.69. The van der Waals surface area contributed by atoms with E-state index >= 15 is 0 Å². The predicted octanol–water partition coefficient (Wildman–Crippen LogP) is 2.46. The van der Waals surface area contributed by atoms with Crippen molar-refractivity contribution in [1.29, 1.82) is 0 Å². The van der Waals surface area contributed by atoms with Crippen molar-refractivity contribution in [3.63, 3.8) is 0 Å². The van der Waals surface area contributed by atoms with Gasteiger partial charge in [0.1, 0.15) is 5.82 Å². The van der Waals surface area contributed by atoms with Crippen LogP contribution in [0.4, 0.5) is 11.8 Å². The lowest BCUT2D eigenvalue weighted by molar-refractivity contribution is 0.583. The van der Waals surface area contributed by atoms with E-state index in [9.17, 15) is 0 Å². The van der Waals surface area contributed by atoms with E-state index in [0.29, 0.717) is 11.9 Å². The van der Waals surface area contributed by atoms with Crippen LogP contribution >= 0.6 is 0 Å². The van der Waals surface area contributed by atoms with Crippen molar-refractivity contribution in [1.82, 2.24) is 9.97 Å². The second-order valence-corrected chi connectivity index (χ2v) is 4.09. The molecule has 0 aliphatic rings. The smallest absolute Gasteiger partial charge is 0.227 e. The van der Waals surface area contributed by atoms with Crippen LogP contribution in [0.2, 0.25) is 0 Å². The Morgan fingerprint density at radius 3 is 2.75 bits per heavy atom. The molecule has 0 aliphatic heterocycles. The fourth-order valence-corrected chi connectivity index (χ4v) is 1.57. The third kappa shape index (κ3) is 3.36. The van der Waals surface area contributed by atoms with Gasteiger partial charge in [-0.15, -0.1) is 0 Å². The maximum absolute atomic E-state index is 5.69. The molecule has 2 N–H and O–H groups in total. The van der Waals surface area contributed by atoms with E-state index in [2.05, 4.69) is 35.6 Å². The van der Waals surface area contributed by atoms with Gasteiger partial charge in [-0.25, -0.2) is 4.98 Å². The van der Waals surface area contributed by atoms with Gasteiger partial charge in [-0.05, 0) is 25.8 Å². The fourth-order valence-electron chi connectivity index (χ4n) is 1.57. The molecular weight excluding hydrogens is 200 g/mol. The highest BCUT2D eigenvalue weighted by molar-refractivity contribution is 5.38. The quantitative estimate of drug-likeness (QED) is 0.803. The summed E-state index contributed by atoms with van der Waals surface area (Å²) in [5, 5.41) is 0. The first-order chi connectivity index (χ1) is 7.69. The van der Waals surface area contributed by atoms with Crippen LogP contribution in [-0.2, 0) is 0 Å². The number of nitrogens with zero attached hydrogens (tertiary/aromatic N) is 3. The van der Waals surface area contributed by atoms with Gasteiger partial charge in [-0.2, -0.15) is 4.98 Å². The molecule has 0 fully saturated rings. The molecule has 0 amide bonds. The van der Waals surface area contributed by atoms with Gasteiger partial charge in [-0.1, -0.05) is 20.3 Å². The maximum atomic E-state index is 5.69. The lowest BCUT2D eigenvalue weighted by Crippen LogP contribution is -2.35. The molecule has 0 spiro atoms. The Balaban J connectivity index is 2.82. The van der Waals surface area contributed by atoms with E-state index < -0.39 is 0 Å². The fraction of sp³-hybridized carbons (Fsp3) is 0.667. The van der Waals surface area contributed by atoms with Crippen LogP contribution in [0.15, 0.2) is 12.3 Å². The van der Waals surface area contributed by atoms with E-state index in [1.54, 1.807) is 12.3 Å². The molecule has 0 aromatic carbocycles. The van der Waals surface area contributed by atoms with E-state index in [-0.39, 0.29) is 0 Å². The highest BCUT2D eigenvalue weighted by atomic mass is 15.3. The van der Waals surface area contributed by atoms with Crippen LogP contribution in [0, 0.1) is 0 Å². The van der Waals surface area contributed by atoms with Gasteiger partial charge in [-0.3, -0.25) is 0 Å². The minimum absolute atomic E-state index is 0.452. The molecule has 1 heterocycles. The molecule has 1 unspecified atom stereocenters. The number of hydrogen-bond acceptors (Lipinski definition) is 4. The molecule has 90 valence electrons. The van der Waals surface area contributed by atoms with Crippen molar-refractivity contribution in [2.24, 2.45) is 0 Å². The van der Waals surface area contributed by atoms with Gasteiger partial charge in [0.25, 0.3) is 0 Å². The summed E-state index contributed by atoms with van der Waals surface area (Å²) in [6.07, 6.45) is 5.14. The van der Waals surface area contributed by atoms with Gasteiger partial charge in [0.05, 0.1) is 0 Å². The van der Waals surface area contributed by atoms with E-state index in [4.69, 9.17) is 5.73 Å². The number of unbranched alkanes of at least 4 members (excludes halogenated alkanes) is 1. The van der Waals surface area contributed by atoms with E-state index in [1.165, 1.54) is 6.42 Å². The average molecular weight is 222 g/mol. The molecule has 0 bridgehead atoms. The SMILES string of the molecule is CCCCN(c1nccc(N)n1)C(C)CC. The Morgan fingerprint density at radius 1 is 1.44 bits per heavy atom. The molecule has 0 saturated carbocycles. The molecule has 16 heavy (non-hydrogen) atoms. The minimum Gasteiger partial charge on any atom is -0.384 e. The first-order valence-electron chi connectivity index (χ1n) is 6.04. The van der Waals surface area contributed by atoms with Crippen molar-refractivity contribution in [2.75, 3.05) is 17.2 Å². The molecule has 0 saturated heterocycles. The van der Waals surface area contributed by atoms with Crippen LogP contribution in [-0.4, -0.2) is 22.6 Å². The summed E-state index contributed by atoms with van der Waals surface area (Å²) in [6.45, 7) is 7.56. The first kappa shape index (κ1) is 12.7. The summed E-state index contributed by atoms with van der Waals surface area (Å²) in [4.78, 5) is 10.8. The predicted molar refractivity (Wildman–Crippen MR) is 68.5 cm³/mol. The molecule has 1 aromatic rings.